The fourth-order valence-corrected chi connectivity index (χ4v) is 5.28. The summed E-state index contributed by atoms with van der Waals surface area (Å²) in [5.74, 6) is 0. The standard InChI is InChI=1S/C17H21ClF3N3O3S/c18-13-4-5-15(14(12-13)17(19,20)21)28(26,27)24-10-8-23(9-11-24)16(25)22-6-2-1-3-7-22/h4-5,12H,1-3,6-11H2. The normalized spacial score (nSPS) is 19.7. The summed E-state index contributed by atoms with van der Waals surface area (Å²) < 4.78 is 66.5. The van der Waals surface area contributed by atoms with Crippen molar-refractivity contribution < 1.29 is 26.4 Å². The van der Waals surface area contributed by atoms with Crippen molar-refractivity contribution in [1.29, 1.82) is 0 Å². The predicted octanol–water partition coefficient (Wildman–Crippen LogP) is 3.27. The van der Waals surface area contributed by atoms with Crippen LogP contribution >= 0.6 is 11.6 Å². The summed E-state index contributed by atoms with van der Waals surface area (Å²) >= 11 is 5.63. The zero-order chi connectivity index (χ0) is 20.5. The van der Waals surface area contributed by atoms with Crippen molar-refractivity contribution in [3.63, 3.8) is 0 Å². The Morgan fingerprint density at radius 1 is 0.929 bits per heavy atom. The Kier molecular flexibility index (Phi) is 6.11. The molecule has 1 aromatic carbocycles. The van der Waals surface area contributed by atoms with Gasteiger partial charge in [-0.15, -0.1) is 0 Å². The Morgan fingerprint density at radius 2 is 1.50 bits per heavy atom. The second-order valence-corrected chi connectivity index (χ2v) is 9.20. The summed E-state index contributed by atoms with van der Waals surface area (Å²) in [6, 6.07) is 2.48. The third-order valence-corrected chi connectivity index (χ3v) is 7.19. The molecular weight excluding hydrogens is 419 g/mol. The molecule has 0 aromatic heterocycles. The number of amides is 2. The van der Waals surface area contributed by atoms with Crippen LogP contribution in [0, 0.1) is 0 Å². The molecule has 156 valence electrons. The van der Waals surface area contributed by atoms with Crippen molar-refractivity contribution in [1.82, 2.24) is 14.1 Å². The molecule has 0 saturated carbocycles. The summed E-state index contributed by atoms with van der Waals surface area (Å²) in [6.45, 7) is 1.53. The smallest absolute Gasteiger partial charge is 0.325 e. The van der Waals surface area contributed by atoms with Gasteiger partial charge < -0.3 is 9.80 Å². The number of carbonyl (C=O) groups is 1. The van der Waals surface area contributed by atoms with Crippen LogP contribution in [0.3, 0.4) is 0 Å². The van der Waals surface area contributed by atoms with Crippen LogP contribution in [-0.4, -0.2) is 67.8 Å². The first-order chi connectivity index (χ1) is 13.1. The minimum Gasteiger partial charge on any atom is -0.325 e. The number of carbonyl (C=O) groups excluding carboxylic acids is 1. The number of urea groups is 1. The highest BCUT2D eigenvalue weighted by atomic mass is 35.5. The Balaban J connectivity index is 1.74. The van der Waals surface area contributed by atoms with Gasteiger partial charge in [0.15, 0.2) is 0 Å². The van der Waals surface area contributed by atoms with Crippen LogP contribution < -0.4 is 0 Å². The molecule has 0 aliphatic carbocycles. The molecule has 0 spiro atoms. The molecule has 0 bridgehead atoms. The number of piperazine rings is 1. The van der Waals surface area contributed by atoms with Gasteiger partial charge in [-0.3, -0.25) is 0 Å². The third kappa shape index (κ3) is 4.38. The van der Waals surface area contributed by atoms with Gasteiger partial charge in [0.05, 0.1) is 10.5 Å². The first kappa shape index (κ1) is 21.2. The highest BCUT2D eigenvalue weighted by molar-refractivity contribution is 7.89. The van der Waals surface area contributed by atoms with Crippen molar-refractivity contribution in [3.8, 4) is 0 Å². The largest absolute Gasteiger partial charge is 0.417 e. The lowest BCUT2D eigenvalue weighted by Crippen LogP contribution is -2.54. The monoisotopic (exact) mass is 439 g/mol. The van der Waals surface area contributed by atoms with Gasteiger partial charge in [0.1, 0.15) is 0 Å². The number of piperidine rings is 1. The molecule has 1 aromatic rings. The van der Waals surface area contributed by atoms with E-state index < -0.39 is 26.7 Å². The summed E-state index contributed by atoms with van der Waals surface area (Å²) in [7, 11) is -4.36. The number of benzene rings is 1. The lowest BCUT2D eigenvalue weighted by Gasteiger charge is -2.38. The molecule has 0 atom stereocenters. The maximum absolute atomic E-state index is 13.3. The first-order valence-electron chi connectivity index (χ1n) is 9.01. The third-order valence-electron chi connectivity index (χ3n) is 5.00. The van der Waals surface area contributed by atoms with Crippen molar-refractivity contribution >= 4 is 27.7 Å². The molecule has 28 heavy (non-hydrogen) atoms. The highest BCUT2D eigenvalue weighted by Gasteiger charge is 2.40. The summed E-state index contributed by atoms with van der Waals surface area (Å²) in [4.78, 5) is 15.0. The van der Waals surface area contributed by atoms with Crippen molar-refractivity contribution in [2.45, 2.75) is 30.3 Å². The van der Waals surface area contributed by atoms with Gasteiger partial charge in [-0.05, 0) is 37.5 Å². The fourth-order valence-electron chi connectivity index (χ4n) is 3.49. The Bertz CT molecular complexity index is 834. The second kappa shape index (κ2) is 8.08. The molecular formula is C17H21ClF3N3O3S. The number of sulfonamides is 1. The average Bonchev–Trinajstić information content (AvgIpc) is 2.67. The SMILES string of the molecule is O=C(N1CCCCC1)N1CCN(S(=O)(=O)c2ccc(Cl)cc2C(F)(F)F)CC1. The van der Waals surface area contributed by atoms with Gasteiger partial charge in [-0.2, -0.15) is 17.5 Å². The summed E-state index contributed by atoms with van der Waals surface area (Å²) in [5, 5.41) is -0.191. The minimum absolute atomic E-state index is 0.0537. The average molecular weight is 440 g/mol. The van der Waals surface area contributed by atoms with Crippen molar-refractivity contribution in [3.05, 3.63) is 28.8 Å². The molecule has 6 nitrogen and oxygen atoms in total. The molecule has 2 aliphatic rings. The Hall–Kier alpha value is -1.52. The number of hydrogen-bond acceptors (Lipinski definition) is 3. The number of alkyl halides is 3. The van der Waals surface area contributed by atoms with Gasteiger partial charge in [0, 0.05) is 44.3 Å². The molecule has 2 heterocycles. The van der Waals surface area contributed by atoms with Gasteiger partial charge in [-0.25, -0.2) is 13.2 Å². The van der Waals surface area contributed by atoms with Crippen molar-refractivity contribution in [2.24, 2.45) is 0 Å². The zero-order valence-electron chi connectivity index (χ0n) is 15.1. The van der Waals surface area contributed by atoms with Crippen LogP contribution in [0.25, 0.3) is 0 Å². The maximum atomic E-state index is 13.3. The maximum Gasteiger partial charge on any atom is 0.417 e. The van der Waals surface area contributed by atoms with E-state index in [9.17, 15) is 26.4 Å². The lowest BCUT2D eigenvalue weighted by atomic mass is 10.1. The second-order valence-electron chi connectivity index (χ2n) is 6.86. The topological polar surface area (TPSA) is 60.9 Å². The van der Waals surface area contributed by atoms with Crippen LogP contribution in [-0.2, 0) is 16.2 Å². The quantitative estimate of drug-likeness (QED) is 0.710. The van der Waals surface area contributed by atoms with Crippen LogP contribution in [0.5, 0.6) is 0 Å². The molecule has 3 rings (SSSR count). The fraction of sp³-hybridized carbons (Fsp3) is 0.588. The van der Waals surface area contributed by atoms with Gasteiger partial charge in [-0.1, -0.05) is 11.6 Å². The van der Waals surface area contributed by atoms with Crippen molar-refractivity contribution in [2.75, 3.05) is 39.3 Å². The predicted molar refractivity (Wildman–Crippen MR) is 97.6 cm³/mol. The lowest BCUT2D eigenvalue weighted by molar-refractivity contribution is -0.139. The summed E-state index contributed by atoms with van der Waals surface area (Å²) in [6.07, 6.45) is -1.88. The van der Waals surface area contributed by atoms with E-state index in [1.54, 1.807) is 9.80 Å². The van der Waals surface area contributed by atoms with E-state index in [2.05, 4.69) is 0 Å². The number of hydrogen-bond donors (Lipinski definition) is 0. The van der Waals surface area contributed by atoms with Crippen LogP contribution in [0.2, 0.25) is 5.02 Å². The van der Waals surface area contributed by atoms with Gasteiger partial charge in [0.2, 0.25) is 10.0 Å². The van der Waals surface area contributed by atoms with E-state index in [1.807, 2.05) is 0 Å². The molecule has 0 unspecified atom stereocenters. The zero-order valence-corrected chi connectivity index (χ0v) is 16.7. The Morgan fingerprint density at radius 3 is 2.07 bits per heavy atom. The number of halogens is 4. The van der Waals surface area contributed by atoms with Gasteiger partial charge in [0.25, 0.3) is 0 Å². The molecule has 2 amide bonds. The number of nitrogens with zero attached hydrogens (tertiary/aromatic N) is 3. The van der Waals surface area contributed by atoms with E-state index in [-0.39, 0.29) is 37.2 Å². The van der Waals surface area contributed by atoms with E-state index in [4.69, 9.17) is 11.6 Å². The molecule has 2 saturated heterocycles. The first-order valence-corrected chi connectivity index (χ1v) is 10.8. The van der Waals surface area contributed by atoms with Crippen LogP contribution in [0.1, 0.15) is 24.8 Å². The van der Waals surface area contributed by atoms with E-state index in [1.165, 1.54) is 0 Å². The molecule has 0 radical (unpaired) electrons. The molecule has 2 fully saturated rings. The minimum atomic E-state index is -4.85. The molecule has 2 aliphatic heterocycles. The Labute approximate surface area is 166 Å². The van der Waals surface area contributed by atoms with Gasteiger partial charge >= 0.3 is 12.2 Å². The van der Waals surface area contributed by atoms with Crippen LogP contribution in [0.15, 0.2) is 23.1 Å². The molecule has 11 heteroatoms. The number of likely N-dealkylation sites (tertiary alicyclic amines) is 1. The number of rotatable bonds is 2. The molecule has 0 N–H and O–H groups in total. The van der Waals surface area contributed by atoms with E-state index >= 15 is 0 Å². The summed E-state index contributed by atoms with van der Waals surface area (Å²) in [5.41, 5.74) is -1.29. The van der Waals surface area contributed by atoms with E-state index in [0.717, 1.165) is 35.7 Å². The highest BCUT2D eigenvalue weighted by Crippen LogP contribution is 2.37. The van der Waals surface area contributed by atoms with Crippen LogP contribution in [0.4, 0.5) is 18.0 Å². The van der Waals surface area contributed by atoms with E-state index in [0.29, 0.717) is 19.2 Å².